The van der Waals surface area contributed by atoms with E-state index in [-0.39, 0.29) is 5.82 Å². The van der Waals surface area contributed by atoms with E-state index < -0.39 is 0 Å². The monoisotopic (exact) mass is 235 g/mol. The molecule has 0 aliphatic rings. The molecular weight excluding hydrogens is 221 g/mol. The second kappa shape index (κ2) is 5.01. The molecule has 0 amide bonds. The van der Waals surface area contributed by atoms with Crippen LogP contribution < -0.4 is 5.73 Å². The molecule has 1 aromatic heterocycles. The Hall–Kier alpha value is -1.82. The Kier molecular flexibility index (Phi) is 3.43. The maximum absolute atomic E-state index is 13.8. The molecule has 0 fully saturated rings. The minimum atomic E-state index is -0.311. The number of tetrazole rings is 1. The van der Waals surface area contributed by atoms with Gasteiger partial charge in [0.25, 0.3) is 0 Å². The van der Waals surface area contributed by atoms with Crippen molar-refractivity contribution in [1.29, 1.82) is 0 Å². The van der Waals surface area contributed by atoms with Crippen molar-refractivity contribution >= 4 is 0 Å². The molecule has 90 valence electrons. The van der Waals surface area contributed by atoms with E-state index in [4.69, 9.17) is 5.73 Å². The summed E-state index contributed by atoms with van der Waals surface area (Å²) < 4.78 is 15.4. The summed E-state index contributed by atoms with van der Waals surface area (Å²) in [4.78, 5) is 0. The lowest BCUT2D eigenvalue weighted by atomic mass is 10.1. The van der Waals surface area contributed by atoms with Crippen LogP contribution >= 0.6 is 0 Å². The van der Waals surface area contributed by atoms with Gasteiger partial charge in [-0.15, -0.1) is 5.10 Å². The molecule has 17 heavy (non-hydrogen) atoms. The third-order valence-corrected chi connectivity index (χ3v) is 2.47. The topological polar surface area (TPSA) is 69.6 Å². The molecule has 1 aromatic carbocycles. The lowest BCUT2D eigenvalue weighted by molar-refractivity contribution is 0.565. The quantitative estimate of drug-likeness (QED) is 0.862. The maximum atomic E-state index is 13.8. The Morgan fingerprint density at radius 1 is 1.41 bits per heavy atom. The average Bonchev–Trinajstić information content (AvgIpc) is 2.74. The predicted octanol–water partition coefficient (Wildman–Crippen LogP) is 1.14. The summed E-state index contributed by atoms with van der Waals surface area (Å²) in [6.45, 7) is 2.98. The molecule has 0 spiro atoms. The number of halogens is 1. The van der Waals surface area contributed by atoms with Gasteiger partial charge in [0, 0.05) is 6.54 Å². The van der Waals surface area contributed by atoms with Gasteiger partial charge in [0.2, 0.25) is 0 Å². The first-order valence-corrected chi connectivity index (χ1v) is 5.45. The predicted molar refractivity (Wildman–Crippen MR) is 61.6 cm³/mol. The number of nitrogens with zero attached hydrogens (tertiary/aromatic N) is 4. The van der Waals surface area contributed by atoms with Gasteiger partial charge < -0.3 is 5.73 Å². The van der Waals surface area contributed by atoms with Gasteiger partial charge in [0.05, 0.1) is 5.56 Å². The van der Waals surface area contributed by atoms with E-state index in [0.717, 1.165) is 12.0 Å². The molecule has 0 aliphatic heterocycles. The van der Waals surface area contributed by atoms with E-state index in [9.17, 15) is 4.39 Å². The highest BCUT2D eigenvalue weighted by atomic mass is 19.1. The molecule has 2 aromatic rings. The number of hydrogen-bond donors (Lipinski definition) is 1. The standard InChI is InChI=1S/C11H14FN5/c1-8-3-4-9(10(12)7-8)11-14-15-16-17(11)6-2-5-13/h3-4,7H,2,5-6,13H2,1H3. The Labute approximate surface area is 98.4 Å². The van der Waals surface area contributed by atoms with E-state index in [1.165, 1.54) is 6.07 Å². The second-order valence-electron chi connectivity index (χ2n) is 3.85. The van der Waals surface area contributed by atoms with E-state index in [0.29, 0.717) is 24.5 Å². The summed E-state index contributed by atoms with van der Waals surface area (Å²) in [5, 5.41) is 11.2. The molecule has 6 heteroatoms. The largest absolute Gasteiger partial charge is 0.330 e. The van der Waals surface area contributed by atoms with Gasteiger partial charge in [0.15, 0.2) is 5.82 Å². The SMILES string of the molecule is Cc1ccc(-c2nnnn2CCCN)c(F)c1. The Morgan fingerprint density at radius 3 is 2.94 bits per heavy atom. The normalized spacial score (nSPS) is 10.8. The van der Waals surface area contributed by atoms with Crippen LogP contribution in [0.15, 0.2) is 18.2 Å². The summed E-state index contributed by atoms with van der Waals surface area (Å²) in [7, 11) is 0. The molecule has 0 aliphatic carbocycles. The minimum absolute atomic E-state index is 0.311. The van der Waals surface area contributed by atoms with Gasteiger partial charge in [-0.05, 0) is 48.0 Å². The van der Waals surface area contributed by atoms with E-state index in [2.05, 4.69) is 15.5 Å². The zero-order chi connectivity index (χ0) is 12.3. The zero-order valence-corrected chi connectivity index (χ0v) is 9.60. The van der Waals surface area contributed by atoms with Crippen LogP contribution in [-0.2, 0) is 6.54 Å². The van der Waals surface area contributed by atoms with Crippen LogP contribution in [0.3, 0.4) is 0 Å². The molecule has 2 N–H and O–H groups in total. The first-order valence-electron chi connectivity index (χ1n) is 5.45. The van der Waals surface area contributed by atoms with Crippen molar-refractivity contribution in [3.05, 3.63) is 29.6 Å². The fourth-order valence-corrected chi connectivity index (χ4v) is 1.59. The molecule has 0 bridgehead atoms. The molecule has 0 saturated heterocycles. The molecule has 2 rings (SSSR count). The van der Waals surface area contributed by atoms with Crippen molar-refractivity contribution in [1.82, 2.24) is 20.2 Å². The van der Waals surface area contributed by atoms with Crippen molar-refractivity contribution in [2.75, 3.05) is 6.54 Å². The van der Waals surface area contributed by atoms with Gasteiger partial charge in [-0.2, -0.15) is 0 Å². The summed E-state index contributed by atoms with van der Waals surface area (Å²) in [5.41, 5.74) is 6.71. The lowest BCUT2D eigenvalue weighted by Gasteiger charge is -2.05. The summed E-state index contributed by atoms with van der Waals surface area (Å²) >= 11 is 0. The third kappa shape index (κ3) is 2.47. The van der Waals surface area contributed by atoms with Gasteiger partial charge in [0.1, 0.15) is 5.82 Å². The molecule has 1 heterocycles. The number of aromatic nitrogens is 4. The minimum Gasteiger partial charge on any atom is -0.330 e. The second-order valence-corrected chi connectivity index (χ2v) is 3.85. The highest BCUT2D eigenvalue weighted by molar-refractivity contribution is 5.56. The fourth-order valence-electron chi connectivity index (χ4n) is 1.59. The number of hydrogen-bond acceptors (Lipinski definition) is 4. The first-order chi connectivity index (χ1) is 8.22. The van der Waals surface area contributed by atoms with Gasteiger partial charge >= 0.3 is 0 Å². The fraction of sp³-hybridized carbons (Fsp3) is 0.364. The number of nitrogens with two attached hydrogens (primary N) is 1. The Balaban J connectivity index is 2.35. The van der Waals surface area contributed by atoms with Crippen molar-refractivity contribution in [3.63, 3.8) is 0 Å². The van der Waals surface area contributed by atoms with Crippen molar-refractivity contribution in [2.45, 2.75) is 19.9 Å². The molecule has 0 unspecified atom stereocenters. The molecule has 0 atom stereocenters. The van der Waals surface area contributed by atoms with Crippen LogP contribution in [0.1, 0.15) is 12.0 Å². The average molecular weight is 235 g/mol. The summed E-state index contributed by atoms with van der Waals surface area (Å²) in [6.07, 6.45) is 0.755. The van der Waals surface area contributed by atoms with Gasteiger partial charge in [-0.3, -0.25) is 0 Å². The number of rotatable bonds is 4. The first kappa shape index (κ1) is 11.7. The van der Waals surface area contributed by atoms with Crippen molar-refractivity contribution in [2.24, 2.45) is 5.73 Å². The smallest absolute Gasteiger partial charge is 0.184 e. The maximum Gasteiger partial charge on any atom is 0.184 e. The third-order valence-electron chi connectivity index (χ3n) is 2.47. The van der Waals surface area contributed by atoms with Crippen molar-refractivity contribution in [3.8, 4) is 11.4 Å². The highest BCUT2D eigenvalue weighted by Crippen LogP contribution is 2.20. The summed E-state index contributed by atoms with van der Waals surface area (Å²) in [6, 6.07) is 4.99. The van der Waals surface area contributed by atoms with Crippen LogP contribution in [0.2, 0.25) is 0 Å². The van der Waals surface area contributed by atoms with Crippen molar-refractivity contribution < 1.29 is 4.39 Å². The van der Waals surface area contributed by atoms with Gasteiger partial charge in [-0.25, -0.2) is 9.07 Å². The van der Waals surface area contributed by atoms with E-state index in [1.807, 2.05) is 13.0 Å². The van der Waals surface area contributed by atoms with E-state index >= 15 is 0 Å². The summed E-state index contributed by atoms with van der Waals surface area (Å²) in [5.74, 6) is 0.129. The highest BCUT2D eigenvalue weighted by Gasteiger charge is 2.12. The van der Waals surface area contributed by atoms with Crippen LogP contribution in [-0.4, -0.2) is 26.8 Å². The molecule has 0 radical (unpaired) electrons. The van der Waals surface area contributed by atoms with Crippen LogP contribution in [0, 0.1) is 12.7 Å². The zero-order valence-electron chi connectivity index (χ0n) is 9.60. The Morgan fingerprint density at radius 2 is 2.24 bits per heavy atom. The molecule has 0 saturated carbocycles. The van der Waals surface area contributed by atoms with Crippen LogP contribution in [0.4, 0.5) is 4.39 Å². The molecule has 5 nitrogen and oxygen atoms in total. The lowest BCUT2D eigenvalue weighted by Crippen LogP contribution is -2.09. The van der Waals surface area contributed by atoms with Gasteiger partial charge in [-0.1, -0.05) is 6.07 Å². The number of aryl methyl sites for hydroxylation is 2. The van der Waals surface area contributed by atoms with E-state index in [1.54, 1.807) is 10.7 Å². The molecular formula is C11H14FN5. The van der Waals surface area contributed by atoms with Crippen LogP contribution in [0.5, 0.6) is 0 Å². The number of benzene rings is 1. The van der Waals surface area contributed by atoms with Crippen LogP contribution in [0.25, 0.3) is 11.4 Å². The Bertz CT molecular complexity index is 508.